The Morgan fingerprint density at radius 2 is 1.51 bits per heavy atom. The van der Waals surface area contributed by atoms with E-state index in [2.05, 4.69) is 0 Å². The van der Waals surface area contributed by atoms with Crippen LogP contribution in [0.15, 0.2) is 42.6 Å². The van der Waals surface area contributed by atoms with Gasteiger partial charge in [-0.2, -0.15) is 13.2 Å². The number of Topliss-reactive ketones (excluding diaryl/α,β-unsaturated/α-hetero) is 1. The molecule has 1 aromatic carbocycles. The molecule has 0 aliphatic carbocycles. The van der Waals surface area contributed by atoms with Crippen molar-refractivity contribution in [3.05, 3.63) is 76.1 Å². The molecule has 0 bridgehead atoms. The normalized spacial score (nSPS) is 12.8. The van der Waals surface area contributed by atoms with E-state index in [0.29, 0.717) is 5.52 Å². The first-order valence-corrected chi connectivity index (χ1v) is 12.0. The van der Waals surface area contributed by atoms with E-state index in [1.807, 2.05) is 26.0 Å². The Hall–Kier alpha value is -3.42. The van der Waals surface area contributed by atoms with Crippen molar-refractivity contribution in [2.45, 2.75) is 67.0 Å². The van der Waals surface area contributed by atoms with Crippen LogP contribution < -0.4 is 0 Å². The maximum atomic E-state index is 13.8. The number of carbonyl (C=O) groups excluding carboxylic acids is 2. The zero-order chi connectivity index (χ0) is 28.1. The van der Waals surface area contributed by atoms with Crippen LogP contribution in [-0.4, -0.2) is 27.0 Å². The number of aliphatic carboxylic acids is 1. The number of ketones is 2. The zero-order valence-corrected chi connectivity index (χ0v) is 22.1. The second kappa shape index (κ2) is 9.47. The maximum Gasteiger partial charge on any atom is 0.416 e. The van der Waals surface area contributed by atoms with Gasteiger partial charge in [-0.05, 0) is 61.6 Å². The van der Waals surface area contributed by atoms with E-state index in [1.54, 1.807) is 31.4 Å². The predicted octanol–water partition coefficient (Wildman–Crippen LogP) is 7.19. The summed E-state index contributed by atoms with van der Waals surface area (Å²) in [5, 5.41) is 9.85. The summed E-state index contributed by atoms with van der Waals surface area (Å²) >= 11 is 0. The van der Waals surface area contributed by atoms with Gasteiger partial charge in [0, 0.05) is 22.7 Å². The Balaban J connectivity index is 2.41. The first-order chi connectivity index (χ1) is 16.9. The van der Waals surface area contributed by atoms with Crippen molar-refractivity contribution in [1.82, 2.24) is 4.40 Å². The number of carboxylic acid groups (broad SMARTS) is 1. The number of carbonyl (C=O) groups is 3. The van der Waals surface area contributed by atoms with E-state index < -0.39 is 34.3 Å². The molecule has 0 atom stereocenters. The van der Waals surface area contributed by atoms with Crippen molar-refractivity contribution in [2.75, 3.05) is 0 Å². The van der Waals surface area contributed by atoms with Crippen molar-refractivity contribution >= 4 is 23.1 Å². The molecule has 0 fully saturated rings. The number of hydrogen-bond donors (Lipinski definition) is 1. The first kappa shape index (κ1) is 28.2. The third-order valence-corrected chi connectivity index (χ3v) is 6.53. The van der Waals surface area contributed by atoms with Gasteiger partial charge in [0.2, 0.25) is 5.78 Å². The van der Waals surface area contributed by atoms with Crippen molar-refractivity contribution in [3.63, 3.8) is 0 Å². The number of halogens is 3. The molecule has 0 unspecified atom stereocenters. The maximum absolute atomic E-state index is 13.8. The quantitative estimate of drug-likeness (QED) is 0.338. The summed E-state index contributed by atoms with van der Waals surface area (Å²) in [6, 6.07) is 7.52. The minimum atomic E-state index is -4.56. The van der Waals surface area contributed by atoms with Gasteiger partial charge in [0.05, 0.1) is 22.2 Å². The lowest BCUT2D eigenvalue weighted by molar-refractivity contribution is -0.146. The lowest BCUT2D eigenvalue weighted by Gasteiger charge is -2.22. The average Bonchev–Trinajstić information content (AvgIpc) is 3.08. The standard InChI is InChI=1S/C29H32F3NO4/c1-16(2)18-12-13-33-21(14-18)22(25(35)27(3,4)5)20(15-28(6,7)26(36)37)23(33)24(34)17-8-10-19(11-9-17)29(30,31)32/h8-14,16H,15H2,1-7H3,(H,36,37). The molecule has 2 aromatic heterocycles. The van der Waals surface area contributed by atoms with Crippen LogP contribution in [0.3, 0.4) is 0 Å². The first-order valence-electron chi connectivity index (χ1n) is 12.0. The highest BCUT2D eigenvalue weighted by atomic mass is 19.4. The van der Waals surface area contributed by atoms with Crippen molar-refractivity contribution in [3.8, 4) is 0 Å². The Morgan fingerprint density at radius 3 is 1.97 bits per heavy atom. The average molecular weight is 516 g/mol. The molecule has 3 aromatic rings. The number of alkyl halides is 3. The fraction of sp³-hybridized carbons (Fsp3) is 0.414. The molecular weight excluding hydrogens is 483 g/mol. The van der Waals surface area contributed by atoms with Crippen molar-refractivity contribution < 1.29 is 32.7 Å². The van der Waals surface area contributed by atoms with Gasteiger partial charge in [0.1, 0.15) is 0 Å². The summed E-state index contributed by atoms with van der Waals surface area (Å²) in [7, 11) is 0. The van der Waals surface area contributed by atoms with Gasteiger partial charge in [0.25, 0.3) is 0 Å². The van der Waals surface area contributed by atoms with Crippen LogP contribution in [0, 0.1) is 10.8 Å². The molecule has 0 saturated carbocycles. The van der Waals surface area contributed by atoms with E-state index in [0.717, 1.165) is 29.8 Å². The van der Waals surface area contributed by atoms with E-state index in [4.69, 9.17) is 0 Å². The van der Waals surface area contributed by atoms with Crippen LogP contribution in [0.4, 0.5) is 13.2 Å². The molecule has 0 amide bonds. The molecule has 198 valence electrons. The fourth-order valence-corrected chi connectivity index (χ4v) is 4.19. The highest BCUT2D eigenvalue weighted by Gasteiger charge is 2.38. The predicted molar refractivity (Wildman–Crippen MR) is 135 cm³/mol. The van der Waals surface area contributed by atoms with E-state index in [1.165, 1.54) is 13.8 Å². The molecule has 5 nitrogen and oxygen atoms in total. The largest absolute Gasteiger partial charge is 0.481 e. The second-order valence-corrected chi connectivity index (χ2v) is 11.4. The third-order valence-electron chi connectivity index (χ3n) is 6.53. The lowest BCUT2D eigenvalue weighted by Crippen LogP contribution is -2.29. The highest BCUT2D eigenvalue weighted by molar-refractivity contribution is 6.15. The Labute approximate surface area is 214 Å². The zero-order valence-electron chi connectivity index (χ0n) is 22.1. The minimum absolute atomic E-state index is 0.00414. The number of benzene rings is 1. The fourth-order valence-electron chi connectivity index (χ4n) is 4.19. The van der Waals surface area contributed by atoms with Gasteiger partial charge in [-0.1, -0.05) is 46.8 Å². The summed E-state index contributed by atoms with van der Waals surface area (Å²) < 4.78 is 40.9. The highest BCUT2D eigenvalue weighted by Crippen LogP contribution is 2.37. The Bertz CT molecular complexity index is 1370. The molecule has 3 rings (SSSR count). The second-order valence-electron chi connectivity index (χ2n) is 11.4. The molecule has 8 heteroatoms. The molecule has 37 heavy (non-hydrogen) atoms. The topological polar surface area (TPSA) is 75.8 Å². The van der Waals surface area contributed by atoms with Gasteiger partial charge in [0.15, 0.2) is 5.78 Å². The lowest BCUT2D eigenvalue weighted by atomic mass is 9.79. The van der Waals surface area contributed by atoms with Crippen LogP contribution in [0.1, 0.15) is 97.5 Å². The van der Waals surface area contributed by atoms with Crippen LogP contribution in [-0.2, 0) is 17.4 Å². The number of aromatic nitrogens is 1. The summed E-state index contributed by atoms with van der Waals surface area (Å²) in [6.45, 7) is 12.2. The van der Waals surface area contributed by atoms with Gasteiger partial charge < -0.3 is 9.51 Å². The smallest absolute Gasteiger partial charge is 0.416 e. The van der Waals surface area contributed by atoms with Crippen LogP contribution in [0.5, 0.6) is 0 Å². The number of rotatable bonds is 7. The number of hydrogen-bond acceptors (Lipinski definition) is 3. The molecule has 2 heterocycles. The van der Waals surface area contributed by atoms with Gasteiger partial charge >= 0.3 is 12.1 Å². The monoisotopic (exact) mass is 515 g/mol. The summed E-state index contributed by atoms with van der Waals surface area (Å²) in [5.41, 5.74) is -1.04. The minimum Gasteiger partial charge on any atom is -0.481 e. The van der Waals surface area contributed by atoms with Crippen LogP contribution in [0.2, 0.25) is 0 Å². The van der Waals surface area contributed by atoms with E-state index in [9.17, 15) is 32.7 Å². The van der Waals surface area contributed by atoms with Crippen LogP contribution >= 0.6 is 0 Å². The molecule has 0 aliphatic heterocycles. The van der Waals surface area contributed by atoms with Gasteiger partial charge in [-0.3, -0.25) is 14.4 Å². The SMILES string of the molecule is CC(C)c1ccn2c(C(=O)c3ccc(C(F)(F)F)cc3)c(CC(C)(C)C(=O)O)c(C(=O)C(C)(C)C)c2c1. The Kier molecular flexibility index (Phi) is 7.21. The van der Waals surface area contributed by atoms with Gasteiger partial charge in [-0.25, -0.2) is 0 Å². The van der Waals surface area contributed by atoms with Crippen molar-refractivity contribution in [2.24, 2.45) is 10.8 Å². The molecule has 0 saturated heterocycles. The molecule has 0 spiro atoms. The number of fused-ring (bicyclic) bond motifs is 1. The third kappa shape index (κ3) is 5.48. The van der Waals surface area contributed by atoms with E-state index >= 15 is 0 Å². The molecule has 0 radical (unpaired) electrons. The van der Waals surface area contributed by atoms with Crippen molar-refractivity contribution in [1.29, 1.82) is 0 Å². The summed E-state index contributed by atoms with van der Waals surface area (Å²) in [6.07, 6.45) is -3.02. The summed E-state index contributed by atoms with van der Waals surface area (Å²) in [5.74, 6) is -1.84. The Morgan fingerprint density at radius 1 is 0.946 bits per heavy atom. The number of carboxylic acids is 1. The number of nitrogens with zero attached hydrogens (tertiary/aromatic N) is 1. The molecular formula is C29H32F3NO4. The van der Waals surface area contributed by atoms with Crippen LogP contribution in [0.25, 0.3) is 5.52 Å². The number of pyridine rings is 1. The molecule has 0 aliphatic rings. The van der Waals surface area contributed by atoms with Gasteiger partial charge in [-0.15, -0.1) is 0 Å². The summed E-state index contributed by atoms with van der Waals surface area (Å²) in [4.78, 5) is 39.7. The molecule has 1 N–H and O–H groups in total. The van der Waals surface area contributed by atoms with E-state index in [-0.39, 0.29) is 40.5 Å².